The zero-order chi connectivity index (χ0) is 12.0. The molecule has 3 heteroatoms. The summed E-state index contributed by atoms with van der Waals surface area (Å²) in [4.78, 5) is 0. The number of aryl methyl sites for hydroxylation is 3. The molecule has 0 radical (unpaired) electrons. The standard InChI is InChI=1S/C13H21N3/c1-5-13(6-2)14-8-7-9-16-12(4)10-11(3)15-16/h1,10,13-14H,6-9H2,2-4H3. The molecule has 88 valence electrons. The van der Waals surface area contributed by atoms with Gasteiger partial charge in [-0.25, -0.2) is 0 Å². The Morgan fingerprint density at radius 3 is 2.81 bits per heavy atom. The van der Waals surface area contributed by atoms with E-state index in [0.29, 0.717) is 0 Å². The van der Waals surface area contributed by atoms with E-state index in [9.17, 15) is 0 Å². The molecule has 0 saturated heterocycles. The van der Waals surface area contributed by atoms with Gasteiger partial charge < -0.3 is 5.32 Å². The maximum absolute atomic E-state index is 5.37. The second-order valence-electron chi connectivity index (χ2n) is 4.09. The summed E-state index contributed by atoms with van der Waals surface area (Å²) in [6, 6.07) is 2.31. The summed E-state index contributed by atoms with van der Waals surface area (Å²) < 4.78 is 2.05. The van der Waals surface area contributed by atoms with Crippen molar-refractivity contribution in [3.8, 4) is 12.3 Å². The Balaban J connectivity index is 2.26. The molecule has 0 aliphatic heterocycles. The molecule has 0 amide bonds. The van der Waals surface area contributed by atoms with E-state index in [2.05, 4.69) is 36.2 Å². The minimum absolute atomic E-state index is 0.209. The predicted molar refractivity (Wildman–Crippen MR) is 67.2 cm³/mol. The molecule has 1 atom stereocenters. The number of terminal acetylenes is 1. The highest BCUT2D eigenvalue weighted by molar-refractivity contribution is 5.06. The normalized spacial score (nSPS) is 12.4. The van der Waals surface area contributed by atoms with Crippen LogP contribution in [-0.4, -0.2) is 22.4 Å². The fourth-order valence-electron chi connectivity index (χ4n) is 1.73. The highest BCUT2D eigenvalue weighted by atomic mass is 15.3. The lowest BCUT2D eigenvalue weighted by Gasteiger charge is -2.10. The van der Waals surface area contributed by atoms with Gasteiger partial charge in [0, 0.05) is 12.2 Å². The van der Waals surface area contributed by atoms with Crippen molar-refractivity contribution in [2.24, 2.45) is 0 Å². The lowest BCUT2D eigenvalue weighted by molar-refractivity contribution is 0.509. The fraction of sp³-hybridized carbons (Fsp3) is 0.615. The van der Waals surface area contributed by atoms with Gasteiger partial charge in [-0.3, -0.25) is 4.68 Å². The van der Waals surface area contributed by atoms with Crippen LogP contribution in [0.15, 0.2) is 6.07 Å². The van der Waals surface area contributed by atoms with Crippen LogP contribution in [0.5, 0.6) is 0 Å². The Labute approximate surface area is 98.2 Å². The number of rotatable bonds is 6. The summed E-state index contributed by atoms with van der Waals surface area (Å²) in [6.45, 7) is 8.10. The number of hydrogen-bond donors (Lipinski definition) is 1. The molecule has 1 rings (SSSR count). The summed E-state index contributed by atoms with van der Waals surface area (Å²) >= 11 is 0. The van der Waals surface area contributed by atoms with Crippen molar-refractivity contribution in [2.75, 3.05) is 6.54 Å². The highest BCUT2D eigenvalue weighted by Gasteiger charge is 2.02. The van der Waals surface area contributed by atoms with E-state index < -0.39 is 0 Å². The lowest BCUT2D eigenvalue weighted by atomic mass is 10.2. The van der Waals surface area contributed by atoms with E-state index in [-0.39, 0.29) is 6.04 Å². The van der Waals surface area contributed by atoms with Crippen LogP contribution in [0, 0.1) is 26.2 Å². The molecular formula is C13H21N3. The Hall–Kier alpha value is -1.27. The first kappa shape index (κ1) is 12.8. The van der Waals surface area contributed by atoms with Gasteiger partial charge in [0.15, 0.2) is 0 Å². The maximum atomic E-state index is 5.37. The summed E-state index contributed by atoms with van der Waals surface area (Å²) in [5.74, 6) is 2.73. The molecule has 3 nitrogen and oxygen atoms in total. The Kier molecular flexibility index (Phi) is 5.07. The molecule has 0 aromatic carbocycles. The minimum Gasteiger partial charge on any atom is -0.304 e. The van der Waals surface area contributed by atoms with Crippen LogP contribution in [0.25, 0.3) is 0 Å². The number of aromatic nitrogens is 2. The van der Waals surface area contributed by atoms with E-state index in [1.165, 1.54) is 5.69 Å². The van der Waals surface area contributed by atoms with Crippen molar-refractivity contribution in [1.29, 1.82) is 0 Å². The molecular weight excluding hydrogens is 198 g/mol. The quantitative estimate of drug-likeness (QED) is 0.585. The zero-order valence-corrected chi connectivity index (χ0v) is 10.5. The Morgan fingerprint density at radius 1 is 1.56 bits per heavy atom. The Bertz CT molecular complexity index is 360. The van der Waals surface area contributed by atoms with Crippen molar-refractivity contribution < 1.29 is 0 Å². The van der Waals surface area contributed by atoms with Crippen molar-refractivity contribution in [3.63, 3.8) is 0 Å². The summed E-state index contributed by atoms with van der Waals surface area (Å²) in [5, 5.41) is 7.75. The second-order valence-corrected chi connectivity index (χ2v) is 4.09. The third-order valence-corrected chi connectivity index (χ3v) is 2.65. The molecule has 0 bridgehead atoms. The smallest absolute Gasteiger partial charge is 0.0684 e. The first-order chi connectivity index (χ1) is 7.67. The van der Waals surface area contributed by atoms with Crippen LogP contribution in [0.3, 0.4) is 0 Å². The lowest BCUT2D eigenvalue weighted by Crippen LogP contribution is -2.28. The van der Waals surface area contributed by atoms with Gasteiger partial charge in [-0.05, 0) is 39.3 Å². The zero-order valence-electron chi connectivity index (χ0n) is 10.5. The van der Waals surface area contributed by atoms with Crippen LogP contribution in [-0.2, 0) is 6.54 Å². The molecule has 16 heavy (non-hydrogen) atoms. The van der Waals surface area contributed by atoms with E-state index in [1.807, 2.05) is 11.6 Å². The minimum atomic E-state index is 0.209. The third-order valence-electron chi connectivity index (χ3n) is 2.65. The van der Waals surface area contributed by atoms with Crippen molar-refractivity contribution in [2.45, 2.75) is 46.2 Å². The first-order valence-electron chi connectivity index (χ1n) is 5.88. The fourth-order valence-corrected chi connectivity index (χ4v) is 1.73. The van der Waals surface area contributed by atoms with E-state index in [0.717, 1.165) is 31.6 Å². The van der Waals surface area contributed by atoms with Crippen LogP contribution in [0.4, 0.5) is 0 Å². The molecule has 0 spiro atoms. The topological polar surface area (TPSA) is 29.9 Å². The van der Waals surface area contributed by atoms with Crippen molar-refractivity contribution >= 4 is 0 Å². The average molecular weight is 219 g/mol. The molecule has 0 aliphatic carbocycles. The van der Waals surface area contributed by atoms with Gasteiger partial charge in [-0.2, -0.15) is 5.10 Å². The molecule has 1 unspecified atom stereocenters. The largest absolute Gasteiger partial charge is 0.304 e. The van der Waals surface area contributed by atoms with Crippen LogP contribution < -0.4 is 5.32 Å². The van der Waals surface area contributed by atoms with Crippen LogP contribution in [0.2, 0.25) is 0 Å². The SMILES string of the molecule is C#CC(CC)NCCCn1nc(C)cc1C. The molecule has 1 aromatic heterocycles. The van der Waals surface area contributed by atoms with Crippen molar-refractivity contribution in [1.82, 2.24) is 15.1 Å². The van der Waals surface area contributed by atoms with Crippen molar-refractivity contribution in [3.05, 3.63) is 17.5 Å². The molecule has 1 heterocycles. The Morgan fingerprint density at radius 2 is 2.31 bits per heavy atom. The summed E-state index contributed by atoms with van der Waals surface area (Å²) in [6.07, 6.45) is 7.41. The maximum Gasteiger partial charge on any atom is 0.0684 e. The molecule has 1 aromatic rings. The molecule has 0 fully saturated rings. The van der Waals surface area contributed by atoms with Gasteiger partial charge in [-0.15, -0.1) is 6.42 Å². The predicted octanol–water partition coefficient (Wildman–Crippen LogP) is 1.89. The second kappa shape index (κ2) is 6.34. The summed E-state index contributed by atoms with van der Waals surface area (Å²) in [5.41, 5.74) is 2.31. The number of nitrogens with one attached hydrogen (secondary N) is 1. The van der Waals surface area contributed by atoms with Gasteiger partial charge in [0.25, 0.3) is 0 Å². The molecule has 0 saturated carbocycles. The average Bonchev–Trinajstić information content (AvgIpc) is 2.58. The highest BCUT2D eigenvalue weighted by Crippen LogP contribution is 2.02. The van der Waals surface area contributed by atoms with E-state index >= 15 is 0 Å². The molecule has 1 N–H and O–H groups in total. The summed E-state index contributed by atoms with van der Waals surface area (Å²) in [7, 11) is 0. The van der Waals surface area contributed by atoms with Gasteiger partial charge in [-0.1, -0.05) is 12.8 Å². The molecule has 0 aliphatic rings. The van der Waals surface area contributed by atoms with Crippen LogP contribution in [0.1, 0.15) is 31.2 Å². The van der Waals surface area contributed by atoms with Gasteiger partial charge >= 0.3 is 0 Å². The first-order valence-corrected chi connectivity index (χ1v) is 5.88. The van der Waals surface area contributed by atoms with Gasteiger partial charge in [0.2, 0.25) is 0 Å². The van der Waals surface area contributed by atoms with Gasteiger partial charge in [0.05, 0.1) is 11.7 Å². The van der Waals surface area contributed by atoms with E-state index in [4.69, 9.17) is 6.42 Å². The third kappa shape index (κ3) is 3.71. The van der Waals surface area contributed by atoms with Crippen LogP contribution >= 0.6 is 0 Å². The number of hydrogen-bond acceptors (Lipinski definition) is 2. The van der Waals surface area contributed by atoms with E-state index in [1.54, 1.807) is 0 Å². The monoisotopic (exact) mass is 219 g/mol. The van der Waals surface area contributed by atoms with Gasteiger partial charge in [0.1, 0.15) is 0 Å². The number of nitrogens with zero attached hydrogens (tertiary/aromatic N) is 2.